The van der Waals surface area contributed by atoms with Crippen LogP contribution in [0.25, 0.3) is 10.9 Å². The van der Waals surface area contributed by atoms with Gasteiger partial charge in [-0.25, -0.2) is 0 Å². The molecule has 5 heteroatoms. The summed E-state index contributed by atoms with van der Waals surface area (Å²) < 4.78 is 6.57. The number of ether oxygens (including phenoxy) is 1. The smallest absolute Gasteiger partial charge is 0.135 e. The Bertz CT molecular complexity index is 2010. The summed E-state index contributed by atoms with van der Waals surface area (Å²) in [4.78, 5) is 11.6. The van der Waals surface area contributed by atoms with E-state index in [-0.39, 0.29) is 11.5 Å². The summed E-state index contributed by atoms with van der Waals surface area (Å²) in [7, 11) is -0.632. The molecule has 284 valence electrons. The van der Waals surface area contributed by atoms with Gasteiger partial charge in [-0.1, -0.05) is 134 Å². The number of oxime groups is 1. The van der Waals surface area contributed by atoms with Gasteiger partial charge >= 0.3 is 0 Å². The quantitative estimate of drug-likeness (QED) is 0.0767. The summed E-state index contributed by atoms with van der Waals surface area (Å²) >= 11 is 0. The molecule has 0 bridgehead atoms. The molecule has 1 aromatic heterocycles. The van der Waals surface area contributed by atoms with Crippen LogP contribution >= 0.6 is 7.92 Å². The molecule has 4 fully saturated rings. The van der Waals surface area contributed by atoms with Crippen molar-refractivity contribution in [3.05, 3.63) is 139 Å². The first-order valence-corrected chi connectivity index (χ1v) is 22.6. The highest BCUT2D eigenvalue weighted by atomic mass is 31.1. The number of nitrogens with zero attached hydrogens (tertiary/aromatic N) is 2. The van der Waals surface area contributed by atoms with E-state index in [9.17, 15) is 0 Å². The van der Waals surface area contributed by atoms with Crippen molar-refractivity contribution in [1.29, 1.82) is 0 Å². The minimum atomic E-state index is -0.632. The van der Waals surface area contributed by atoms with Crippen LogP contribution in [-0.4, -0.2) is 29.6 Å². The Labute approximate surface area is 329 Å². The normalized spacial score (nSPS) is 30.8. The minimum Gasteiger partial charge on any atom is -0.392 e. The van der Waals surface area contributed by atoms with Gasteiger partial charge in [0.25, 0.3) is 0 Å². The highest BCUT2D eigenvalue weighted by Crippen LogP contribution is 2.68. The first-order chi connectivity index (χ1) is 27.0. The fourth-order valence-electron chi connectivity index (χ4n) is 12.2. The Morgan fingerprint density at radius 1 is 0.727 bits per heavy atom. The van der Waals surface area contributed by atoms with E-state index < -0.39 is 7.92 Å². The number of pyridine rings is 1. The molecule has 55 heavy (non-hydrogen) atoms. The Morgan fingerprint density at radius 3 is 2.18 bits per heavy atom. The predicted molar refractivity (Wildman–Crippen MR) is 228 cm³/mol. The Morgan fingerprint density at radius 2 is 1.42 bits per heavy atom. The van der Waals surface area contributed by atoms with Gasteiger partial charge in [-0.3, -0.25) is 4.98 Å². The molecule has 0 amide bonds. The molecule has 4 aliphatic rings. The number of hydrogen-bond acceptors (Lipinski definition) is 4. The van der Waals surface area contributed by atoms with Crippen molar-refractivity contribution in [2.75, 3.05) is 6.16 Å². The van der Waals surface area contributed by atoms with E-state index in [0.717, 1.165) is 52.9 Å². The summed E-state index contributed by atoms with van der Waals surface area (Å²) in [6.45, 7) is 6.09. The van der Waals surface area contributed by atoms with Crippen LogP contribution in [-0.2, 0) is 16.2 Å². The van der Waals surface area contributed by atoms with Crippen molar-refractivity contribution in [3.8, 4) is 0 Å². The molecule has 4 saturated carbocycles. The van der Waals surface area contributed by atoms with Gasteiger partial charge in [-0.15, -0.1) is 0 Å². The summed E-state index contributed by atoms with van der Waals surface area (Å²) in [6, 6.07) is 43.5. The van der Waals surface area contributed by atoms with E-state index in [1.165, 1.54) is 74.0 Å². The summed E-state index contributed by atoms with van der Waals surface area (Å²) in [5, 5.41) is 8.82. The number of para-hydroxylation sites is 1. The standard InChI is InChI=1S/C50H57N2O2P/c1-49-29-27-40(53-34-36-14-6-3-7-15-36)32-39(49)23-24-43-44-25-26-46(50(44,2)30-28-45(43)49)47(54-52-33-38-17-12-16-37-18-13-31-51-48(37)38)35-55(41-19-8-4-9-20-41)42-21-10-5-11-22-42/h3-22,31,33,39-40,43-47H,23-30,32,34-35H2,1-2H3/b52-33+/t39-,40-,43-,44-,45-,46+,47+,49-,50-/m0/s1. The molecule has 4 aromatic carbocycles. The summed E-state index contributed by atoms with van der Waals surface area (Å²) in [6.07, 6.45) is 16.9. The SMILES string of the molecule is C[C@]12CC[C@H](OCc3ccccc3)C[C@@H]1CC[C@@H]1[C@@H]2CC[C@]2(C)[C@@H]([C@@H](CP(c3ccccc3)c3ccccc3)O/N=C/c3cccc4cccnc34)CC[C@@H]12. The lowest BCUT2D eigenvalue weighted by molar-refractivity contribution is -0.142. The van der Waals surface area contributed by atoms with Gasteiger partial charge in [-0.2, -0.15) is 0 Å². The van der Waals surface area contributed by atoms with Crippen LogP contribution in [0.2, 0.25) is 0 Å². The van der Waals surface area contributed by atoms with Gasteiger partial charge in [-0.05, 0) is 122 Å². The Hall–Kier alpha value is -3.85. The maximum Gasteiger partial charge on any atom is 0.135 e. The van der Waals surface area contributed by atoms with Gasteiger partial charge in [0.15, 0.2) is 0 Å². The van der Waals surface area contributed by atoms with E-state index in [1.54, 1.807) is 0 Å². The fourth-order valence-corrected chi connectivity index (χ4v) is 14.7. The number of benzene rings is 4. The van der Waals surface area contributed by atoms with Crippen molar-refractivity contribution in [3.63, 3.8) is 0 Å². The zero-order chi connectivity index (χ0) is 37.2. The maximum atomic E-state index is 6.92. The molecule has 0 aliphatic heterocycles. The first-order valence-electron chi connectivity index (χ1n) is 21.1. The van der Waals surface area contributed by atoms with Crippen molar-refractivity contribution >= 4 is 35.6 Å². The molecule has 9 rings (SSSR count). The molecule has 0 N–H and O–H groups in total. The van der Waals surface area contributed by atoms with E-state index >= 15 is 0 Å². The molecule has 1 heterocycles. The second kappa shape index (κ2) is 16.0. The van der Waals surface area contributed by atoms with E-state index in [4.69, 9.17) is 19.7 Å². The van der Waals surface area contributed by atoms with Crippen LogP contribution in [0.5, 0.6) is 0 Å². The molecule has 4 aliphatic carbocycles. The van der Waals surface area contributed by atoms with Gasteiger partial charge in [0.05, 0.1) is 24.4 Å². The lowest BCUT2D eigenvalue weighted by atomic mass is 9.44. The van der Waals surface area contributed by atoms with E-state index in [1.807, 2.05) is 18.5 Å². The largest absolute Gasteiger partial charge is 0.392 e. The molecular formula is C50H57N2O2P. The minimum absolute atomic E-state index is 0.0291. The average molecular weight is 749 g/mol. The first kappa shape index (κ1) is 36.8. The Kier molecular flexibility index (Phi) is 10.7. The van der Waals surface area contributed by atoms with E-state index in [0.29, 0.717) is 17.4 Å². The highest BCUT2D eigenvalue weighted by molar-refractivity contribution is 7.73. The average Bonchev–Trinajstić information content (AvgIpc) is 3.59. The Balaban J connectivity index is 0.968. The van der Waals surface area contributed by atoms with Crippen molar-refractivity contribution < 1.29 is 9.57 Å². The van der Waals surface area contributed by atoms with Crippen LogP contribution in [0.4, 0.5) is 0 Å². The zero-order valence-electron chi connectivity index (χ0n) is 32.7. The van der Waals surface area contributed by atoms with Gasteiger partial charge in [0.2, 0.25) is 0 Å². The van der Waals surface area contributed by atoms with Crippen molar-refractivity contribution in [2.24, 2.45) is 45.6 Å². The lowest BCUT2D eigenvalue weighted by Crippen LogP contribution is -2.54. The zero-order valence-corrected chi connectivity index (χ0v) is 33.6. The van der Waals surface area contributed by atoms with Crippen LogP contribution in [0.1, 0.15) is 82.8 Å². The van der Waals surface area contributed by atoms with Crippen LogP contribution in [0.15, 0.2) is 133 Å². The molecule has 0 spiro atoms. The molecule has 0 saturated heterocycles. The second-order valence-corrected chi connectivity index (χ2v) is 19.9. The maximum absolute atomic E-state index is 6.92. The third kappa shape index (κ3) is 7.31. The summed E-state index contributed by atoms with van der Waals surface area (Å²) in [5.41, 5.74) is 3.94. The topological polar surface area (TPSA) is 43.7 Å². The number of rotatable bonds is 11. The van der Waals surface area contributed by atoms with Crippen LogP contribution < -0.4 is 10.6 Å². The van der Waals surface area contributed by atoms with Gasteiger partial charge in [0, 0.05) is 29.2 Å². The second-order valence-electron chi connectivity index (χ2n) is 17.7. The monoisotopic (exact) mass is 748 g/mol. The van der Waals surface area contributed by atoms with E-state index in [2.05, 4.69) is 129 Å². The molecular weight excluding hydrogens is 692 g/mol. The number of aromatic nitrogens is 1. The molecule has 0 radical (unpaired) electrons. The third-order valence-electron chi connectivity index (χ3n) is 15.0. The molecule has 4 nitrogen and oxygen atoms in total. The van der Waals surface area contributed by atoms with Crippen molar-refractivity contribution in [1.82, 2.24) is 4.98 Å². The predicted octanol–water partition coefficient (Wildman–Crippen LogP) is 11.3. The number of fused-ring (bicyclic) bond motifs is 6. The van der Waals surface area contributed by atoms with Crippen LogP contribution in [0, 0.1) is 40.4 Å². The lowest BCUT2D eigenvalue weighted by Gasteiger charge is -2.61. The third-order valence-corrected chi connectivity index (χ3v) is 17.6. The van der Waals surface area contributed by atoms with Gasteiger partial charge in [0.1, 0.15) is 6.10 Å². The summed E-state index contributed by atoms with van der Waals surface area (Å²) in [5.74, 6) is 3.62. The van der Waals surface area contributed by atoms with Gasteiger partial charge < -0.3 is 9.57 Å². The van der Waals surface area contributed by atoms with Crippen molar-refractivity contribution in [2.45, 2.75) is 90.4 Å². The molecule has 0 unspecified atom stereocenters. The number of hydrogen-bond donors (Lipinski definition) is 0. The molecule has 9 atom stereocenters. The fraction of sp³-hybridized carbons (Fsp3) is 0.440. The highest BCUT2D eigenvalue weighted by Gasteiger charge is 2.61. The van der Waals surface area contributed by atoms with Crippen LogP contribution in [0.3, 0.4) is 0 Å². The molecule has 5 aromatic rings.